The molecule has 1 aromatic heterocycles. The van der Waals surface area contributed by atoms with E-state index in [1.54, 1.807) is 30.3 Å². The molecule has 0 N–H and O–H groups in total. The van der Waals surface area contributed by atoms with Crippen LogP contribution in [0.1, 0.15) is 10.4 Å². The zero-order valence-corrected chi connectivity index (χ0v) is 15.7. The van der Waals surface area contributed by atoms with Crippen LogP contribution in [0.3, 0.4) is 0 Å². The Kier molecular flexibility index (Phi) is 5.88. The van der Waals surface area contributed by atoms with E-state index in [1.807, 2.05) is 19.1 Å². The number of hydrogen-bond acceptors (Lipinski definition) is 4. The van der Waals surface area contributed by atoms with Crippen molar-refractivity contribution in [3.8, 4) is 16.2 Å². The summed E-state index contributed by atoms with van der Waals surface area (Å²) in [6.07, 6.45) is -3.23. The Balaban J connectivity index is 1.73. The van der Waals surface area contributed by atoms with Gasteiger partial charge in [0.1, 0.15) is 17.1 Å². The van der Waals surface area contributed by atoms with E-state index in [4.69, 9.17) is 0 Å². The number of hydrogen-bond donors (Lipinski definition) is 0. The molecule has 140 valence electrons. The molecule has 0 amide bonds. The van der Waals surface area contributed by atoms with Crippen LogP contribution in [0.5, 0.6) is 5.75 Å². The van der Waals surface area contributed by atoms with Crippen LogP contribution >= 0.6 is 11.3 Å². The first-order valence-electron chi connectivity index (χ1n) is 7.79. The lowest BCUT2D eigenvalue weighted by atomic mass is 10.2. The Morgan fingerprint density at radius 1 is 1.07 bits per heavy atom. The Morgan fingerprint density at radius 2 is 1.81 bits per heavy atom. The van der Waals surface area contributed by atoms with Crippen molar-refractivity contribution in [1.29, 1.82) is 0 Å². The molecule has 0 bridgehead atoms. The van der Waals surface area contributed by atoms with E-state index in [9.17, 15) is 17.7 Å². The van der Waals surface area contributed by atoms with Crippen LogP contribution in [0.2, 0.25) is 0 Å². The molecule has 1 heterocycles. The number of ether oxygens (including phenoxy) is 1. The molecule has 27 heavy (non-hydrogen) atoms. The van der Waals surface area contributed by atoms with Gasteiger partial charge in [-0.2, -0.15) is 0 Å². The van der Waals surface area contributed by atoms with Crippen LogP contribution in [0.25, 0.3) is 10.4 Å². The molecular weight excluding hydrogens is 395 g/mol. The number of halogens is 3. The van der Waals surface area contributed by atoms with Gasteiger partial charge < -0.3 is 9.29 Å². The smallest absolute Gasteiger partial charge is 0.573 e. The normalized spacial score (nSPS) is 13.1. The van der Waals surface area contributed by atoms with E-state index < -0.39 is 17.7 Å². The summed E-state index contributed by atoms with van der Waals surface area (Å²) in [4.78, 5) is 2.10. The topological polar surface area (TPSA) is 44.7 Å². The molecule has 1 unspecified atom stereocenters. The average Bonchev–Trinajstić information content (AvgIpc) is 3.08. The van der Waals surface area contributed by atoms with Crippen LogP contribution in [0.15, 0.2) is 70.0 Å². The second kappa shape index (κ2) is 8.16. The van der Waals surface area contributed by atoms with Gasteiger partial charge in [0.2, 0.25) is 0 Å². The van der Waals surface area contributed by atoms with Gasteiger partial charge in [-0.05, 0) is 48.9 Å². The zero-order chi connectivity index (χ0) is 19.4. The molecule has 0 aliphatic carbocycles. The lowest BCUT2D eigenvalue weighted by Gasteiger charge is -2.09. The molecule has 0 spiro atoms. The minimum atomic E-state index is -4.73. The molecule has 1 atom stereocenters. The van der Waals surface area contributed by atoms with Gasteiger partial charge in [0, 0.05) is 4.88 Å². The average molecular weight is 409 g/mol. The highest BCUT2D eigenvalue weighted by molar-refractivity contribution is 7.90. The SMILES string of the molecule is Cc1ccc([S+]([O-])/N=C/c2ccc(-c3cccc(OC(F)(F)F)c3)s2)cc1. The predicted molar refractivity (Wildman–Crippen MR) is 102 cm³/mol. The lowest BCUT2D eigenvalue weighted by molar-refractivity contribution is -0.274. The second-order valence-corrected chi connectivity index (χ2v) is 7.87. The molecule has 0 saturated carbocycles. The van der Waals surface area contributed by atoms with E-state index in [2.05, 4.69) is 9.13 Å². The van der Waals surface area contributed by atoms with Crippen molar-refractivity contribution in [3.05, 3.63) is 71.1 Å². The maximum atomic E-state index is 12.4. The fourth-order valence-electron chi connectivity index (χ4n) is 2.24. The van der Waals surface area contributed by atoms with Gasteiger partial charge >= 0.3 is 6.36 Å². The summed E-state index contributed by atoms with van der Waals surface area (Å²) in [5.41, 5.74) is 1.67. The molecule has 2 aromatic carbocycles. The molecule has 0 saturated heterocycles. The van der Waals surface area contributed by atoms with Crippen molar-refractivity contribution in [2.75, 3.05) is 0 Å². The second-order valence-electron chi connectivity index (χ2n) is 5.57. The van der Waals surface area contributed by atoms with Gasteiger partial charge in [0.15, 0.2) is 4.90 Å². The summed E-state index contributed by atoms with van der Waals surface area (Å²) in [5.74, 6) is -0.274. The fourth-order valence-corrected chi connectivity index (χ4v) is 3.88. The number of rotatable bonds is 5. The van der Waals surface area contributed by atoms with Gasteiger partial charge in [-0.1, -0.05) is 34.2 Å². The standard InChI is InChI=1S/C19H14F3NO2S2/c1-13-5-8-17(9-6-13)27(24)23-12-16-7-10-18(26-16)14-3-2-4-15(11-14)25-19(20,21)22/h2-12H,1H3/b23-12+. The quantitative estimate of drug-likeness (QED) is 0.397. The highest BCUT2D eigenvalue weighted by Crippen LogP contribution is 2.31. The lowest BCUT2D eigenvalue weighted by Crippen LogP contribution is -2.17. The molecule has 0 aliphatic rings. The van der Waals surface area contributed by atoms with Crippen molar-refractivity contribution in [2.24, 2.45) is 4.40 Å². The number of alkyl halides is 3. The summed E-state index contributed by atoms with van der Waals surface area (Å²) in [6, 6.07) is 16.5. The first-order chi connectivity index (χ1) is 12.8. The monoisotopic (exact) mass is 409 g/mol. The van der Waals surface area contributed by atoms with Crippen molar-refractivity contribution in [3.63, 3.8) is 0 Å². The van der Waals surface area contributed by atoms with E-state index >= 15 is 0 Å². The number of aryl methyl sites for hydroxylation is 1. The van der Waals surface area contributed by atoms with Crippen molar-refractivity contribution in [2.45, 2.75) is 18.2 Å². The van der Waals surface area contributed by atoms with Crippen molar-refractivity contribution < 1.29 is 22.5 Å². The Morgan fingerprint density at radius 3 is 2.52 bits per heavy atom. The van der Waals surface area contributed by atoms with E-state index in [-0.39, 0.29) is 5.75 Å². The first kappa shape index (κ1) is 19.5. The molecule has 0 fully saturated rings. The van der Waals surface area contributed by atoms with Crippen molar-refractivity contribution in [1.82, 2.24) is 0 Å². The van der Waals surface area contributed by atoms with Gasteiger partial charge in [-0.25, -0.2) is 0 Å². The minimum Gasteiger partial charge on any atom is -0.586 e. The number of thiophene rings is 1. The maximum Gasteiger partial charge on any atom is 0.573 e. The Hall–Kier alpha value is -2.29. The van der Waals surface area contributed by atoms with Crippen LogP contribution in [-0.4, -0.2) is 17.1 Å². The van der Waals surface area contributed by atoms with Gasteiger partial charge in [0.25, 0.3) is 0 Å². The predicted octanol–water partition coefficient (Wildman–Crippen LogP) is 5.76. The highest BCUT2D eigenvalue weighted by Gasteiger charge is 2.31. The molecule has 3 rings (SSSR count). The van der Waals surface area contributed by atoms with Gasteiger partial charge in [0.05, 0.1) is 11.1 Å². The van der Waals surface area contributed by atoms with Crippen LogP contribution in [0, 0.1) is 6.92 Å². The molecule has 3 aromatic rings. The first-order valence-corrected chi connectivity index (χ1v) is 9.71. The summed E-state index contributed by atoms with van der Waals surface area (Å²) < 4.78 is 57.2. The summed E-state index contributed by atoms with van der Waals surface area (Å²) >= 11 is -0.180. The third kappa shape index (κ3) is 5.59. The molecule has 0 radical (unpaired) electrons. The third-order valence-corrected chi connectivity index (χ3v) is 5.52. The van der Waals surface area contributed by atoms with Crippen LogP contribution in [-0.2, 0) is 11.4 Å². The van der Waals surface area contributed by atoms with Crippen molar-refractivity contribution >= 4 is 28.9 Å². The Labute approximate surface area is 161 Å². The van der Waals surface area contributed by atoms with E-state index in [0.29, 0.717) is 10.5 Å². The molecule has 8 heteroatoms. The maximum absolute atomic E-state index is 12.4. The summed E-state index contributed by atoms with van der Waals surface area (Å²) in [6.45, 7) is 1.94. The van der Waals surface area contributed by atoms with Crippen LogP contribution < -0.4 is 4.74 Å². The molecular formula is C19H14F3NO2S2. The van der Waals surface area contributed by atoms with E-state index in [0.717, 1.165) is 15.3 Å². The van der Waals surface area contributed by atoms with Gasteiger partial charge in [-0.3, -0.25) is 0 Å². The Bertz CT molecular complexity index is 937. The zero-order valence-electron chi connectivity index (χ0n) is 14.1. The third-order valence-electron chi connectivity index (χ3n) is 3.48. The van der Waals surface area contributed by atoms with E-state index in [1.165, 1.54) is 35.8 Å². The number of nitrogens with zero attached hydrogens (tertiary/aromatic N) is 1. The minimum absolute atomic E-state index is 0.274. The molecule has 3 nitrogen and oxygen atoms in total. The van der Waals surface area contributed by atoms with Crippen LogP contribution in [0.4, 0.5) is 13.2 Å². The summed E-state index contributed by atoms with van der Waals surface area (Å²) in [7, 11) is 0. The van der Waals surface area contributed by atoms with Gasteiger partial charge in [-0.15, -0.1) is 24.5 Å². The highest BCUT2D eigenvalue weighted by atomic mass is 32.2. The molecule has 0 aliphatic heterocycles. The largest absolute Gasteiger partial charge is 0.586 e. The number of benzene rings is 2. The fraction of sp³-hybridized carbons (Fsp3) is 0.105. The summed E-state index contributed by atoms with van der Waals surface area (Å²) in [5, 5.41) is 0.